The van der Waals surface area contributed by atoms with Crippen LogP contribution in [0.1, 0.15) is 32.0 Å². The van der Waals surface area contributed by atoms with Gasteiger partial charge in [0.2, 0.25) is 5.91 Å². The molecule has 1 amide bonds. The van der Waals surface area contributed by atoms with Gasteiger partial charge < -0.3 is 19.7 Å². The second-order valence-electron chi connectivity index (χ2n) is 7.63. The van der Waals surface area contributed by atoms with Crippen LogP contribution in [0.15, 0.2) is 18.2 Å². The van der Waals surface area contributed by atoms with Gasteiger partial charge in [0.25, 0.3) is 0 Å². The third-order valence-electron chi connectivity index (χ3n) is 5.91. The van der Waals surface area contributed by atoms with Crippen LogP contribution < -0.4 is 0 Å². The molecule has 0 bridgehead atoms. The molecule has 6 nitrogen and oxygen atoms in total. The Balaban J connectivity index is 1.31. The van der Waals surface area contributed by atoms with Crippen LogP contribution in [-0.4, -0.2) is 51.2 Å². The molecule has 1 saturated heterocycles. The first-order chi connectivity index (χ1) is 12.5. The molecule has 2 atom stereocenters. The van der Waals surface area contributed by atoms with E-state index in [0.717, 1.165) is 19.3 Å². The van der Waals surface area contributed by atoms with Gasteiger partial charge in [-0.25, -0.2) is 9.37 Å². The molecule has 2 heterocycles. The maximum absolute atomic E-state index is 13.2. The van der Waals surface area contributed by atoms with Gasteiger partial charge >= 0.3 is 0 Å². The molecule has 1 aliphatic heterocycles. The number of hydrogen-bond donors (Lipinski definition) is 2. The largest absolute Gasteiger partial charge is 0.387 e. The normalized spacial score (nSPS) is 26.4. The lowest BCUT2D eigenvalue weighted by Gasteiger charge is -2.41. The van der Waals surface area contributed by atoms with Crippen LogP contribution in [0.25, 0.3) is 11.0 Å². The first-order valence-electron chi connectivity index (χ1n) is 9.18. The van der Waals surface area contributed by atoms with Gasteiger partial charge in [-0.2, -0.15) is 0 Å². The van der Waals surface area contributed by atoms with E-state index < -0.39 is 5.60 Å². The highest BCUT2D eigenvalue weighted by atomic mass is 19.1. The number of aromatic nitrogens is 2. The number of nitrogens with zero attached hydrogens (tertiary/aromatic N) is 2. The summed E-state index contributed by atoms with van der Waals surface area (Å²) in [5, 5.41) is 10.9. The first-order valence-corrected chi connectivity index (χ1v) is 9.18. The number of hydrogen-bond acceptors (Lipinski definition) is 4. The van der Waals surface area contributed by atoms with Gasteiger partial charge in [-0.15, -0.1) is 0 Å². The summed E-state index contributed by atoms with van der Waals surface area (Å²) in [5.74, 6) is 0.508. The summed E-state index contributed by atoms with van der Waals surface area (Å²) in [6.45, 7) is 3.07. The lowest BCUT2D eigenvalue weighted by Crippen LogP contribution is -2.48. The van der Waals surface area contributed by atoms with E-state index in [1.54, 1.807) is 11.0 Å². The number of halogens is 1. The van der Waals surface area contributed by atoms with E-state index in [-0.39, 0.29) is 30.9 Å². The minimum atomic E-state index is -0.753. The Morgan fingerprint density at radius 3 is 3.04 bits per heavy atom. The SMILES string of the molecule is C[C@@H]1CN(C(=O)COCc2nc3ccc(F)cc3[nH]2)C[C@@]1(O)C1CCC1. The van der Waals surface area contributed by atoms with Crippen molar-refractivity contribution in [2.24, 2.45) is 11.8 Å². The molecule has 1 aromatic heterocycles. The second-order valence-corrected chi connectivity index (χ2v) is 7.63. The third-order valence-corrected chi connectivity index (χ3v) is 5.91. The number of ether oxygens (including phenoxy) is 1. The van der Waals surface area contributed by atoms with Gasteiger partial charge in [0.1, 0.15) is 24.9 Å². The molecular formula is C19H24FN3O3. The molecule has 1 saturated carbocycles. The average Bonchev–Trinajstić information content (AvgIpc) is 3.06. The Morgan fingerprint density at radius 1 is 1.50 bits per heavy atom. The number of fused-ring (bicyclic) bond motifs is 1. The van der Waals surface area contributed by atoms with Crippen molar-refractivity contribution in [2.75, 3.05) is 19.7 Å². The van der Waals surface area contributed by atoms with Crippen molar-refractivity contribution in [3.63, 3.8) is 0 Å². The Bertz CT molecular complexity index is 819. The van der Waals surface area contributed by atoms with Gasteiger partial charge in [0.15, 0.2) is 0 Å². The van der Waals surface area contributed by atoms with E-state index in [1.807, 2.05) is 6.92 Å². The topological polar surface area (TPSA) is 78.5 Å². The molecular weight excluding hydrogens is 337 g/mol. The molecule has 0 spiro atoms. The first kappa shape index (κ1) is 17.4. The quantitative estimate of drug-likeness (QED) is 0.856. The van der Waals surface area contributed by atoms with Crippen molar-refractivity contribution >= 4 is 16.9 Å². The minimum absolute atomic E-state index is 0.0567. The number of likely N-dealkylation sites (tertiary alicyclic amines) is 1. The standard InChI is InChI=1S/C19H24FN3O3/c1-12-8-23(11-19(12,25)13-3-2-4-13)18(24)10-26-9-17-21-15-6-5-14(20)7-16(15)22-17/h5-7,12-13,25H,2-4,8-11H2,1H3,(H,21,22)/t12-,19+/m1/s1. The number of aromatic amines is 1. The van der Waals surface area contributed by atoms with E-state index in [2.05, 4.69) is 9.97 Å². The molecule has 2 aliphatic rings. The number of carbonyl (C=O) groups excluding carboxylic acids is 1. The fourth-order valence-corrected chi connectivity index (χ4v) is 4.07. The smallest absolute Gasteiger partial charge is 0.248 e. The Morgan fingerprint density at radius 2 is 2.31 bits per heavy atom. The number of β-amino-alcohol motifs (C(OH)–C–C–N with tert-alkyl or cyclic N) is 1. The Hall–Kier alpha value is -1.99. The zero-order chi connectivity index (χ0) is 18.3. The molecule has 0 unspecified atom stereocenters. The highest BCUT2D eigenvalue weighted by Crippen LogP contribution is 2.44. The Kier molecular flexibility index (Phi) is 4.44. The van der Waals surface area contributed by atoms with Crippen LogP contribution in [0.2, 0.25) is 0 Å². The molecule has 4 rings (SSSR count). The van der Waals surface area contributed by atoms with E-state index in [4.69, 9.17) is 4.74 Å². The van der Waals surface area contributed by atoms with Crippen molar-refractivity contribution in [3.8, 4) is 0 Å². The van der Waals surface area contributed by atoms with Crippen LogP contribution in [0.4, 0.5) is 4.39 Å². The van der Waals surface area contributed by atoms with Crippen molar-refractivity contribution in [1.29, 1.82) is 0 Å². The van der Waals surface area contributed by atoms with E-state index >= 15 is 0 Å². The molecule has 0 radical (unpaired) electrons. The number of imidazole rings is 1. The molecule has 2 fully saturated rings. The molecule has 2 aromatic rings. The maximum Gasteiger partial charge on any atom is 0.248 e. The second kappa shape index (κ2) is 6.63. The zero-order valence-corrected chi connectivity index (χ0v) is 14.9. The van der Waals surface area contributed by atoms with E-state index in [1.165, 1.54) is 12.1 Å². The number of aliphatic hydroxyl groups is 1. The van der Waals surface area contributed by atoms with Gasteiger partial charge in [-0.05, 0) is 37.0 Å². The van der Waals surface area contributed by atoms with Gasteiger partial charge in [-0.1, -0.05) is 13.3 Å². The fraction of sp³-hybridized carbons (Fsp3) is 0.579. The van der Waals surface area contributed by atoms with Crippen LogP contribution >= 0.6 is 0 Å². The van der Waals surface area contributed by atoms with E-state index in [0.29, 0.717) is 35.9 Å². The van der Waals surface area contributed by atoms with Crippen LogP contribution in [-0.2, 0) is 16.1 Å². The molecule has 1 aliphatic carbocycles. The lowest BCUT2D eigenvalue weighted by atomic mass is 9.69. The van der Waals surface area contributed by atoms with Gasteiger partial charge in [-0.3, -0.25) is 4.79 Å². The number of rotatable bonds is 5. The molecule has 7 heteroatoms. The molecule has 26 heavy (non-hydrogen) atoms. The summed E-state index contributed by atoms with van der Waals surface area (Å²) < 4.78 is 18.7. The van der Waals surface area contributed by atoms with Crippen molar-refractivity contribution in [1.82, 2.24) is 14.9 Å². The fourth-order valence-electron chi connectivity index (χ4n) is 4.07. The average molecular weight is 361 g/mol. The predicted octanol–water partition coefficient (Wildman–Crippen LogP) is 2.23. The van der Waals surface area contributed by atoms with Crippen molar-refractivity contribution < 1.29 is 19.0 Å². The zero-order valence-electron chi connectivity index (χ0n) is 14.9. The Labute approximate surface area is 151 Å². The number of H-pyrrole nitrogens is 1. The lowest BCUT2D eigenvalue weighted by molar-refractivity contribution is -0.137. The summed E-state index contributed by atoms with van der Waals surface area (Å²) >= 11 is 0. The summed E-state index contributed by atoms with van der Waals surface area (Å²) in [6.07, 6.45) is 3.26. The number of benzene rings is 1. The molecule has 1 aromatic carbocycles. The summed E-state index contributed by atoms with van der Waals surface area (Å²) in [4.78, 5) is 21.4. The number of nitrogens with one attached hydrogen (secondary N) is 1. The van der Waals surface area contributed by atoms with Crippen LogP contribution in [0, 0.1) is 17.7 Å². The summed E-state index contributed by atoms with van der Waals surface area (Å²) in [6, 6.07) is 4.34. The number of amides is 1. The van der Waals surface area contributed by atoms with Crippen molar-refractivity contribution in [3.05, 3.63) is 29.8 Å². The van der Waals surface area contributed by atoms with Gasteiger partial charge in [0.05, 0.1) is 23.2 Å². The van der Waals surface area contributed by atoms with E-state index in [9.17, 15) is 14.3 Å². The van der Waals surface area contributed by atoms with Crippen LogP contribution in [0.5, 0.6) is 0 Å². The highest BCUT2D eigenvalue weighted by molar-refractivity contribution is 5.78. The van der Waals surface area contributed by atoms with Crippen molar-refractivity contribution in [2.45, 2.75) is 38.4 Å². The third kappa shape index (κ3) is 3.10. The summed E-state index contributed by atoms with van der Waals surface area (Å²) in [5.41, 5.74) is 0.514. The maximum atomic E-state index is 13.2. The molecule has 140 valence electrons. The van der Waals surface area contributed by atoms with Gasteiger partial charge in [0, 0.05) is 12.5 Å². The minimum Gasteiger partial charge on any atom is -0.387 e. The highest BCUT2D eigenvalue weighted by Gasteiger charge is 2.50. The predicted molar refractivity (Wildman–Crippen MR) is 93.7 cm³/mol. The van der Waals surface area contributed by atoms with Crippen LogP contribution in [0.3, 0.4) is 0 Å². The number of carbonyl (C=O) groups is 1. The monoisotopic (exact) mass is 361 g/mol. The molecule has 2 N–H and O–H groups in total. The summed E-state index contributed by atoms with van der Waals surface area (Å²) in [7, 11) is 0.